The highest BCUT2D eigenvalue weighted by Gasteiger charge is 2.04. The molecule has 0 aliphatic rings. The van der Waals surface area contributed by atoms with Gasteiger partial charge in [0, 0.05) is 18.6 Å². The predicted octanol–water partition coefficient (Wildman–Crippen LogP) is 2.77. The van der Waals surface area contributed by atoms with E-state index in [1.807, 2.05) is 19.2 Å². The molecule has 1 aromatic carbocycles. The second-order valence-electron chi connectivity index (χ2n) is 3.12. The van der Waals surface area contributed by atoms with E-state index in [2.05, 4.69) is 11.8 Å². The molecule has 0 fully saturated rings. The van der Waals surface area contributed by atoms with Crippen LogP contribution in [0.2, 0.25) is 5.02 Å². The molecule has 0 aromatic heterocycles. The van der Waals surface area contributed by atoms with Crippen LogP contribution in [-0.4, -0.2) is 13.6 Å². The molecule has 1 aromatic rings. The fourth-order valence-electron chi connectivity index (χ4n) is 1.30. The number of hydrogen-bond acceptors (Lipinski definition) is 2. The highest BCUT2D eigenvalue weighted by atomic mass is 35.5. The molecule has 0 bridgehead atoms. The van der Waals surface area contributed by atoms with E-state index in [1.54, 1.807) is 6.07 Å². The van der Waals surface area contributed by atoms with Gasteiger partial charge >= 0.3 is 0 Å². The number of hydrogen-bond donors (Lipinski definition) is 1. The Morgan fingerprint density at radius 1 is 1.46 bits per heavy atom. The van der Waals surface area contributed by atoms with E-state index in [4.69, 9.17) is 17.3 Å². The molecule has 72 valence electrons. The molecular formula is C10H15ClN2. The largest absolute Gasteiger partial charge is 0.397 e. The van der Waals surface area contributed by atoms with Gasteiger partial charge in [0.05, 0.1) is 11.4 Å². The van der Waals surface area contributed by atoms with Crippen molar-refractivity contribution in [3.63, 3.8) is 0 Å². The minimum Gasteiger partial charge on any atom is -0.397 e. The van der Waals surface area contributed by atoms with E-state index in [0.717, 1.165) is 29.4 Å². The Labute approximate surface area is 84.3 Å². The van der Waals surface area contributed by atoms with Crippen LogP contribution < -0.4 is 10.6 Å². The van der Waals surface area contributed by atoms with Crippen LogP contribution in [-0.2, 0) is 0 Å². The molecule has 0 amide bonds. The van der Waals surface area contributed by atoms with Crippen molar-refractivity contribution < 1.29 is 0 Å². The summed E-state index contributed by atoms with van der Waals surface area (Å²) in [5, 5.41) is 0.729. The SMILES string of the molecule is CCCN(C)c1cc(Cl)ccc1N. The summed E-state index contributed by atoms with van der Waals surface area (Å²) in [6.45, 7) is 3.13. The van der Waals surface area contributed by atoms with Gasteiger partial charge in [0.1, 0.15) is 0 Å². The minimum atomic E-state index is 0.729. The predicted molar refractivity (Wildman–Crippen MR) is 59.4 cm³/mol. The lowest BCUT2D eigenvalue weighted by Gasteiger charge is -2.20. The maximum atomic E-state index is 5.88. The first-order chi connectivity index (χ1) is 6.15. The Hall–Kier alpha value is -0.890. The van der Waals surface area contributed by atoms with Crippen LogP contribution in [0, 0.1) is 0 Å². The number of nitrogen functional groups attached to an aromatic ring is 1. The summed E-state index contributed by atoms with van der Waals surface area (Å²) in [7, 11) is 2.02. The molecule has 2 nitrogen and oxygen atoms in total. The van der Waals surface area contributed by atoms with Crippen LogP contribution in [0.15, 0.2) is 18.2 Å². The van der Waals surface area contributed by atoms with Crippen molar-refractivity contribution in [2.45, 2.75) is 13.3 Å². The van der Waals surface area contributed by atoms with Crippen molar-refractivity contribution in [1.82, 2.24) is 0 Å². The molecule has 0 heterocycles. The Bertz CT molecular complexity index is 286. The molecular weight excluding hydrogens is 184 g/mol. The number of anilines is 2. The summed E-state index contributed by atoms with van der Waals surface area (Å²) in [5.74, 6) is 0. The summed E-state index contributed by atoms with van der Waals surface area (Å²) in [5.41, 5.74) is 7.61. The summed E-state index contributed by atoms with van der Waals surface area (Å²) in [6.07, 6.45) is 1.10. The molecule has 0 atom stereocenters. The van der Waals surface area contributed by atoms with E-state index in [1.165, 1.54) is 0 Å². The molecule has 1 rings (SSSR count). The summed E-state index contributed by atoms with van der Waals surface area (Å²) >= 11 is 5.88. The van der Waals surface area contributed by atoms with Gasteiger partial charge in [-0.3, -0.25) is 0 Å². The second kappa shape index (κ2) is 4.38. The van der Waals surface area contributed by atoms with Gasteiger partial charge in [0.15, 0.2) is 0 Å². The number of halogens is 1. The van der Waals surface area contributed by atoms with Gasteiger partial charge < -0.3 is 10.6 Å². The molecule has 0 radical (unpaired) electrons. The van der Waals surface area contributed by atoms with Gasteiger partial charge in [0.2, 0.25) is 0 Å². The minimum absolute atomic E-state index is 0.729. The Balaban J connectivity index is 2.91. The van der Waals surface area contributed by atoms with Gasteiger partial charge in [-0.15, -0.1) is 0 Å². The fourth-order valence-corrected chi connectivity index (χ4v) is 1.47. The quantitative estimate of drug-likeness (QED) is 0.757. The van der Waals surface area contributed by atoms with Gasteiger partial charge in [-0.1, -0.05) is 18.5 Å². The fraction of sp³-hybridized carbons (Fsp3) is 0.400. The zero-order valence-electron chi connectivity index (χ0n) is 8.05. The van der Waals surface area contributed by atoms with Crippen LogP contribution >= 0.6 is 11.6 Å². The van der Waals surface area contributed by atoms with Crippen molar-refractivity contribution in [3.8, 4) is 0 Å². The third kappa shape index (κ3) is 2.52. The maximum Gasteiger partial charge on any atom is 0.0612 e. The highest BCUT2D eigenvalue weighted by Crippen LogP contribution is 2.25. The van der Waals surface area contributed by atoms with Crippen molar-refractivity contribution in [1.29, 1.82) is 0 Å². The van der Waals surface area contributed by atoms with Crippen LogP contribution in [0.25, 0.3) is 0 Å². The van der Waals surface area contributed by atoms with Crippen LogP contribution in [0.1, 0.15) is 13.3 Å². The van der Waals surface area contributed by atoms with Crippen LogP contribution in [0.4, 0.5) is 11.4 Å². The molecule has 2 N–H and O–H groups in total. The smallest absolute Gasteiger partial charge is 0.0612 e. The average molecular weight is 199 g/mol. The third-order valence-corrected chi connectivity index (χ3v) is 2.20. The number of nitrogens with zero attached hydrogens (tertiary/aromatic N) is 1. The van der Waals surface area contributed by atoms with Gasteiger partial charge in [0.25, 0.3) is 0 Å². The monoisotopic (exact) mass is 198 g/mol. The standard InChI is InChI=1S/C10H15ClN2/c1-3-6-13(2)10-7-8(11)4-5-9(10)12/h4-5,7H,3,6,12H2,1-2H3. The molecule has 0 saturated heterocycles. The van der Waals surface area contributed by atoms with E-state index < -0.39 is 0 Å². The summed E-state index contributed by atoms with van der Waals surface area (Å²) in [4.78, 5) is 2.11. The van der Waals surface area contributed by atoms with E-state index in [9.17, 15) is 0 Å². The van der Waals surface area contributed by atoms with Crippen molar-refractivity contribution in [2.75, 3.05) is 24.2 Å². The number of nitrogens with two attached hydrogens (primary N) is 1. The van der Waals surface area contributed by atoms with E-state index in [-0.39, 0.29) is 0 Å². The Morgan fingerprint density at radius 2 is 2.15 bits per heavy atom. The van der Waals surface area contributed by atoms with E-state index >= 15 is 0 Å². The molecule has 13 heavy (non-hydrogen) atoms. The topological polar surface area (TPSA) is 29.3 Å². The van der Waals surface area contributed by atoms with Gasteiger partial charge in [-0.25, -0.2) is 0 Å². The summed E-state index contributed by atoms with van der Waals surface area (Å²) in [6, 6.07) is 5.54. The molecule has 0 saturated carbocycles. The van der Waals surface area contributed by atoms with E-state index in [0.29, 0.717) is 0 Å². The zero-order chi connectivity index (χ0) is 9.84. The average Bonchev–Trinajstić information content (AvgIpc) is 2.09. The first-order valence-electron chi connectivity index (χ1n) is 4.41. The maximum absolute atomic E-state index is 5.88. The van der Waals surface area contributed by atoms with Gasteiger partial charge in [-0.05, 0) is 24.6 Å². The molecule has 0 aliphatic heterocycles. The van der Waals surface area contributed by atoms with Crippen LogP contribution in [0.3, 0.4) is 0 Å². The zero-order valence-corrected chi connectivity index (χ0v) is 8.80. The first-order valence-corrected chi connectivity index (χ1v) is 4.79. The van der Waals surface area contributed by atoms with Gasteiger partial charge in [-0.2, -0.15) is 0 Å². The summed E-state index contributed by atoms with van der Waals surface area (Å²) < 4.78 is 0. The number of rotatable bonds is 3. The number of benzene rings is 1. The second-order valence-corrected chi connectivity index (χ2v) is 3.56. The lowest BCUT2D eigenvalue weighted by Crippen LogP contribution is -2.18. The van der Waals surface area contributed by atoms with Crippen LogP contribution in [0.5, 0.6) is 0 Å². The highest BCUT2D eigenvalue weighted by molar-refractivity contribution is 6.31. The van der Waals surface area contributed by atoms with Crippen molar-refractivity contribution in [2.24, 2.45) is 0 Å². The Morgan fingerprint density at radius 3 is 2.77 bits per heavy atom. The lowest BCUT2D eigenvalue weighted by atomic mass is 10.2. The molecule has 0 aliphatic carbocycles. The molecule has 3 heteroatoms. The molecule has 0 unspecified atom stereocenters. The third-order valence-electron chi connectivity index (χ3n) is 1.96. The lowest BCUT2D eigenvalue weighted by molar-refractivity contribution is 0.853. The van der Waals surface area contributed by atoms with Crippen molar-refractivity contribution in [3.05, 3.63) is 23.2 Å². The molecule has 0 spiro atoms. The Kier molecular flexibility index (Phi) is 3.43. The van der Waals surface area contributed by atoms with Crippen molar-refractivity contribution >= 4 is 23.0 Å². The normalized spacial score (nSPS) is 10.1. The first kappa shape index (κ1) is 10.2.